The van der Waals surface area contributed by atoms with E-state index in [1.54, 1.807) is 6.07 Å². The molecule has 0 aromatic heterocycles. The number of para-hydroxylation sites is 1. The monoisotopic (exact) mass is 270 g/mol. The number of fused-ring (bicyclic) bond motifs is 1. The minimum atomic E-state index is -0.162. The highest BCUT2D eigenvalue weighted by molar-refractivity contribution is 5.50. The molecule has 1 aliphatic rings. The van der Waals surface area contributed by atoms with Crippen LogP contribution in [0.25, 0.3) is 0 Å². The van der Waals surface area contributed by atoms with E-state index in [4.69, 9.17) is 0 Å². The van der Waals surface area contributed by atoms with Crippen LogP contribution < -0.4 is 10.2 Å². The summed E-state index contributed by atoms with van der Waals surface area (Å²) in [4.78, 5) is 2.06. The third-order valence-corrected chi connectivity index (χ3v) is 4.02. The van der Waals surface area contributed by atoms with Gasteiger partial charge < -0.3 is 10.2 Å². The van der Waals surface area contributed by atoms with E-state index in [1.807, 2.05) is 19.2 Å². The molecule has 0 fully saturated rings. The minimum absolute atomic E-state index is 0.162. The summed E-state index contributed by atoms with van der Waals surface area (Å²) in [7, 11) is 1.98. The molecule has 1 heterocycles. The van der Waals surface area contributed by atoms with Crippen molar-refractivity contribution in [2.75, 3.05) is 18.5 Å². The zero-order valence-corrected chi connectivity index (χ0v) is 11.6. The molecule has 0 saturated carbocycles. The average molecular weight is 270 g/mol. The fraction of sp³-hybridized carbons (Fsp3) is 0.294. The molecule has 1 unspecified atom stereocenters. The first kappa shape index (κ1) is 13.1. The van der Waals surface area contributed by atoms with Gasteiger partial charge in [0.05, 0.1) is 11.7 Å². The van der Waals surface area contributed by atoms with Crippen molar-refractivity contribution in [2.45, 2.75) is 19.0 Å². The Kier molecular flexibility index (Phi) is 3.70. The van der Waals surface area contributed by atoms with Crippen LogP contribution in [0.4, 0.5) is 10.1 Å². The largest absolute Gasteiger partial charge is 0.365 e. The molecule has 0 saturated heterocycles. The zero-order chi connectivity index (χ0) is 13.9. The Balaban J connectivity index is 1.99. The molecule has 0 spiro atoms. The Bertz CT molecular complexity index is 597. The first-order valence-electron chi connectivity index (χ1n) is 7.03. The normalized spacial score (nSPS) is 18.2. The second-order valence-electron chi connectivity index (χ2n) is 5.24. The van der Waals surface area contributed by atoms with Crippen molar-refractivity contribution >= 4 is 5.69 Å². The van der Waals surface area contributed by atoms with Crippen LogP contribution >= 0.6 is 0 Å². The summed E-state index contributed by atoms with van der Waals surface area (Å²) in [6.07, 6.45) is 0.974. The molecule has 104 valence electrons. The number of nitrogens with one attached hydrogen (secondary N) is 1. The van der Waals surface area contributed by atoms with Crippen molar-refractivity contribution in [2.24, 2.45) is 0 Å². The Morgan fingerprint density at radius 1 is 1.10 bits per heavy atom. The summed E-state index contributed by atoms with van der Waals surface area (Å²) in [5, 5.41) is 3.43. The number of halogens is 1. The van der Waals surface area contributed by atoms with Gasteiger partial charge in [-0.05, 0) is 36.2 Å². The summed E-state index contributed by atoms with van der Waals surface area (Å²) in [6.45, 7) is 1.83. The van der Waals surface area contributed by atoms with Crippen LogP contribution in [-0.4, -0.2) is 13.6 Å². The van der Waals surface area contributed by atoms with Gasteiger partial charge in [-0.1, -0.05) is 36.4 Å². The minimum Gasteiger partial charge on any atom is -0.365 e. The van der Waals surface area contributed by atoms with Crippen LogP contribution in [0.2, 0.25) is 0 Å². The molecule has 2 aromatic rings. The smallest absolute Gasteiger partial charge is 0.146 e. The predicted octanol–water partition coefficient (Wildman–Crippen LogP) is 3.50. The van der Waals surface area contributed by atoms with Gasteiger partial charge in [-0.15, -0.1) is 0 Å². The Morgan fingerprint density at radius 2 is 1.85 bits per heavy atom. The van der Waals surface area contributed by atoms with E-state index in [9.17, 15) is 4.39 Å². The third-order valence-electron chi connectivity index (χ3n) is 4.02. The SMILES string of the molecule is CN(c1ccccc1F)C1CCNCc2ccccc21. The van der Waals surface area contributed by atoms with E-state index in [0.29, 0.717) is 5.69 Å². The first-order valence-corrected chi connectivity index (χ1v) is 7.03. The number of rotatable bonds is 2. The summed E-state index contributed by atoms with van der Waals surface area (Å²) in [5.41, 5.74) is 3.26. The highest BCUT2D eigenvalue weighted by Crippen LogP contribution is 2.32. The molecule has 0 aliphatic carbocycles. The summed E-state index contributed by atoms with van der Waals surface area (Å²) >= 11 is 0. The third kappa shape index (κ3) is 2.41. The molecule has 0 radical (unpaired) electrons. The van der Waals surface area contributed by atoms with Gasteiger partial charge in [0, 0.05) is 13.6 Å². The summed E-state index contributed by atoms with van der Waals surface area (Å²) in [6, 6.07) is 15.6. The molecule has 2 aromatic carbocycles. The fourth-order valence-electron chi connectivity index (χ4n) is 2.95. The summed E-state index contributed by atoms with van der Waals surface area (Å²) < 4.78 is 14.0. The maximum absolute atomic E-state index is 14.0. The lowest BCUT2D eigenvalue weighted by Gasteiger charge is -2.30. The van der Waals surface area contributed by atoms with Gasteiger partial charge in [0.1, 0.15) is 5.82 Å². The highest BCUT2D eigenvalue weighted by atomic mass is 19.1. The van der Waals surface area contributed by atoms with E-state index in [-0.39, 0.29) is 11.9 Å². The molecule has 20 heavy (non-hydrogen) atoms. The molecule has 1 N–H and O–H groups in total. The van der Waals surface area contributed by atoms with Crippen molar-refractivity contribution in [3.8, 4) is 0 Å². The van der Waals surface area contributed by atoms with Gasteiger partial charge in [-0.25, -0.2) is 4.39 Å². The molecular weight excluding hydrogens is 251 g/mol. The lowest BCUT2D eigenvalue weighted by atomic mass is 9.98. The van der Waals surface area contributed by atoms with Gasteiger partial charge in [-0.3, -0.25) is 0 Å². The lowest BCUT2D eigenvalue weighted by molar-refractivity contribution is 0.569. The van der Waals surface area contributed by atoms with Crippen molar-refractivity contribution in [3.63, 3.8) is 0 Å². The van der Waals surface area contributed by atoms with E-state index in [0.717, 1.165) is 19.5 Å². The molecule has 2 nitrogen and oxygen atoms in total. The maximum Gasteiger partial charge on any atom is 0.146 e. The van der Waals surface area contributed by atoms with Crippen LogP contribution in [0.1, 0.15) is 23.6 Å². The number of hydrogen-bond acceptors (Lipinski definition) is 2. The number of nitrogens with zero attached hydrogens (tertiary/aromatic N) is 1. The second kappa shape index (κ2) is 5.63. The van der Waals surface area contributed by atoms with Crippen LogP contribution in [0.5, 0.6) is 0 Å². The lowest BCUT2D eigenvalue weighted by Crippen LogP contribution is -2.26. The van der Waals surface area contributed by atoms with Crippen molar-refractivity contribution in [1.82, 2.24) is 5.32 Å². The van der Waals surface area contributed by atoms with E-state index in [2.05, 4.69) is 34.5 Å². The zero-order valence-electron chi connectivity index (χ0n) is 11.6. The molecular formula is C17H19FN2. The number of benzene rings is 2. The number of anilines is 1. The van der Waals surface area contributed by atoms with Crippen molar-refractivity contribution in [1.29, 1.82) is 0 Å². The van der Waals surface area contributed by atoms with Gasteiger partial charge in [0.25, 0.3) is 0 Å². The Morgan fingerprint density at radius 3 is 2.70 bits per heavy atom. The van der Waals surface area contributed by atoms with Gasteiger partial charge in [0.2, 0.25) is 0 Å². The van der Waals surface area contributed by atoms with Crippen molar-refractivity contribution < 1.29 is 4.39 Å². The quantitative estimate of drug-likeness (QED) is 0.898. The first-order chi connectivity index (χ1) is 9.77. The fourth-order valence-corrected chi connectivity index (χ4v) is 2.95. The van der Waals surface area contributed by atoms with Crippen LogP contribution in [0.3, 0.4) is 0 Å². The van der Waals surface area contributed by atoms with Gasteiger partial charge in [0.15, 0.2) is 0 Å². The highest BCUT2D eigenvalue weighted by Gasteiger charge is 2.23. The second-order valence-corrected chi connectivity index (χ2v) is 5.24. The Hall–Kier alpha value is -1.87. The average Bonchev–Trinajstić information content (AvgIpc) is 2.69. The molecule has 3 heteroatoms. The number of hydrogen-bond donors (Lipinski definition) is 1. The van der Waals surface area contributed by atoms with Crippen molar-refractivity contribution in [3.05, 3.63) is 65.5 Å². The van der Waals surface area contributed by atoms with Crippen LogP contribution in [-0.2, 0) is 6.54 Å². The van der Waals surface area contributed by atoms with Gasteiger partial charge >= 0.3 is 0 Å². The topological polar surface area (TPSA) is 15.3 Å². The standard InChI is InChI=1S/C17H19FN2/c1-20(17-9-5-4-8-15(17)18)16-10-11-19-12-13-6-2-3-7-14(13)16/h2-9,16,19H,10-12H2,1H3. The Labute approximate surface area is 119 Å². The summed E-state index contributed by atoms with van der Waals surface area (Å²) in [5.74, 6) is -0.162. The molecule has 0 amide bonds. The van der Waals surface area contributed by atoms with E-state index in [1.165, 1.54) is 17.2 Å². The predicted molar refractivity (Wildman–Crippen MR) is 80.3 cm³/mol. The van der Waals surface area contributed by atoms with Crippen LogP contribution in [0, 0.1) is 5.82 Å². The molecule has 3 rings (SSSR count). The van der Waals surface area contributed by atoms with E-state index >= 15 is 0 Å². The van der Waals surface area contributed by atoms with E-state index < -0.39 is 0 Å². The molecule has 1 aliphatic heterocycles. The molecule has 1 atom stereocenters. The van der Waals surface area contributed by atoms with Crippen LogP contribution in [0.15, 0.2) is 48.5 Å². The molecule has 0 bridgehead atoms. The maximum atomic E-state index is 14.0. The van der Waals surface area contributed by atoms with Gasteiger partial charge in [-0.2, -0.15) is 0 Å².